The van der Waals surface area contributed by atoms with Crippen LogP contribution in [0.2, 0.25) is 0 Å². The highest BCUT2D eigenvalue weighted by molar-refractivity contribution is 7.97. The zero-order valence-electron chi connectivity index (χ0n) is 13.6. The predicted molar refractivity (Wildman–Crippen MR) is 95.5 cm³/mol. The Balaban J connectivity index is 2.21. The van der Waals surface area contributed by atoms with Crippen LogP contribution >= 0.6 is 11.9 Å². The fraction of sp³-hybridized carbons (Fsp3) is 0.0714. The lowest BCUT2D eigenvalue weighted by Crippen LogP contribution is -2.26. The highest BCUT2D eigenvalue weighted by atomic mass is 32.2. The van der Waals surface area contributed by atoms with Crippen molar-refractivity contribution >= 4 is 40.7 Å². The van der Waals surface area contributed by atoms with Crippen molar-refractivity contribution in [3.63, 3.8) is 0 Å². The van der Waals surface area contributed by atoms with Crippen LogP contribution < -0.4 is 5.32 Å². The number of carbonyl (C=O) groups excluding carboxylic acids is 1. The van der Waals surface area contributed by atoms with Crippen LogP contribution in [0.4, 0.5) is 27.5 Å². The van der Waals surface area contributed by atoms with Crippen LogP contribution in [0.3, 0.4) is 0 Å². The summed E-state index contributed by atoms with van der Waals surface area (Å²) in [5.41, 5.74) is -1.60. The Morgan fingerprint density at radius 3 is 2.19 bits per heavy atom. The number of hydrogen-bond acceptors (Lipinski definition) is 8. The zero-order chi connectivity index (χ0) is 20.1. The van der Waals surface area contributed by atoms with Gasteiger partial charge < -0.3 is 5.32 Å². The lowest BCUT2D eigenvalue weighted by molar-refractivity contribution is -0.393. The molecule has 13 heteroatoms. The Labute approximate surface area is 155 Å². The molecular weight excluding hydrogens is 382 g/mol. The molecule has 140 valence electrons. The molecule has 0 atom stereocenters. The summed E-state index contributed by atoms with van der Waals surface area (Å²) in [6.07, 6.45) is 0. The highest BCUT2D eigenvalue weighted by Gasteiger charge is 2.23. The molecule has 0 fully saturated rings. The number of para-hydroxylation sites is 1. The number of nitrogens with one attached hydrogen (secondary N) is 1. The van der Waals surface area contributed by atoms with Crippen LogP contribution in [-0.4, -0.2) is 32.2 Å². The van der Waals surface area contributed by atoms with E-state index in [2.05, 4.69) is 5.32 Å². The summed E-state index contributed by atoms with van der Waals surface area (Å²) >= 11 is 0.750. The molecule has 1 N–H and O–H groups in total. The van der Waals surface area contributed by atoms with Crippen LogP contribution in [0.1, 0.15) is 0 Å². The number of nitro benzene ring substituents is 3. The van der Waals surface area contributed by atoms with Gasteiger partial charge in [0.25, 0.3) is 17.1 Å². The number of non-ortho nitro benzene ring substituents is 1. The summed E-state index contributed by atoms with van der Waals surface area (Å²) in [4.78, 5) is 43.0. The smallest absolute Gasteiger partial charge is 0.301 e. The van der Waals surface area contributed by atoms with Gasteiger partial charge in [0.1, 0.15) is 10.6 Å². The van der Waals surface area contributed by atoms with E-state index in [1.807, 2.05) is 0 Å². The number of urea groups is 1. The minimum atomic E-state index is -0.863. The molecule has 2 aromatic rings. The largest absolute Gasteiger partial charge is 0.332 e. The van der Waals surface area contributed by atoms with Gasteiger partial charge in [-0.2, -0.15) is 0 Å². The average molecular weight is 393 g/mol. The molecule has 0 bridgehead atoms. The molecule has 0 aliphatic rings. The topological polar surface area (TPSA) is 162 Å². The normalized spacial score (nSPS) is 10.1. The minimum absolute atomic E-state index is 0.193. The van der Waals surface area contributed by atoms with Crippen molar-refractivity contribution in [3.05, 3.63) is 72.8 Å². The lowest BCUT2D eigenvalue weighted by Gasteiger charge is -2.16. The molecule has 0 aliphatic carbocycles. The Hall–Kier alpha value is -3.74. The number of amides is 2. The molecule has 2 aromatic carbocycles. The van der Waals surface area contributed by atoms with E-state index in [4.69, 9.17) is 0 Å². The number of rotatable bonds is 6. The van der Waals surface area contributed by atoms with Gasteiger partial charge in [-0.1, -0.05) is 12.1 Å². The molecule has 0 aliphatic heterocycles. The van der Waals surface area contributed by atoms with Gasteiger partial charge in [0.05, 0.1) is 20.8 Å². The van der Waals surface area contributed by atoms with E-state index in [-0.39, 0.29) is 16.3 Å². The van der Waals surface area contributed by atoms with E-state index in [1.54, 1.807) is 6.07 Å². The van der Waals surface area contributed by atoms with E-state index in [0.29, 0.717) is 0 Å². The van der Waals surface area contributed by atoms with Gasteiger partial charge in [-0.05, 0) is 24.1 Å². The second-order valence-electron chi connectivity index (χ2n) is 4.96. The number of carbonyl (C=O) groups is 1. The Morgan fingerprint density at radius 1 is 0.963 bits per heavy atom. The molecule has 0 aromatic heterocycles. The van der Waals surface area contributed by atoms with E-state index in [9.17, 15) is 35.1 Å². The van der Waals surface area contributed by atoms with Crippen molar-refractivity contribution < 1.29 is 19.6 Å². The maximum Gasteiger partial charge on any atom is 0.332 e. The number of nitro groups is 3. The van der Waals surface area contributed by atoms with Crippen molar-refractivity contribution in [2.45, 2.75) is 4.90 Å². The van der Waals surface area contributed by atoms with Crippen LogP contribution in [0.25, 0.3) is 0 Å². The lowest BCUT2D eigenvalue weighted by atomic mass is 10.2. The minimum Gasteiger partial charge on any atom is -0.301 e. The number of benzene rings is 2. The molecular formula is C14H11N5O7S. The first-order valence-corrected chi connectivity index (χ1v) is 7.87. The molecule has 2 amide bonds. The van der Waals surface area contributed by atoms with Crippen molar-refractivity contribution in [1.82, 2.24) is 4.31 Å². The Morgan fingerprint density at radius 2 is 1.59 bits per heavy atom. The van der Waals surface area contributed by atoms with Gasteiger partial charge in [0.2, 0.25) is 0 Å². The molecule has 0 saturated heterocycles. The molecule has 0 saturated carbocycles. The van der Waals surface area contributed by atoms with E-state index in [1.165, 1.54) is 25.2 Å². The molecule has 2 rings (SSSR count). The van der Waals surface area contributed by atoms with Crippen molar-refractivity contribution in [2.24, 2.45) is 0 Å². The molecule has 0 unspecified atom stereocenters. The molecule has 0 radical (unpaired) electrons. The maximum atomic E-state index is 12.3. The fourth-order valence-electron chi connectivity index (χ4n) is 1.96. The van der Waals surface area contributed by atoms with Gasteiger partial charge in [0.15, 0.2) is 0 Å². The third kappa shape index (κ3) is 4.66. The average Bonchev–Trinajstić information content (AvgIpc) is 2.61. The van der Waals surface area contributed by atoms with E-state index >= 15 is 0 Å². The van der Waals surface area contributed by atoms with Gasteiger partial charge in [0, 0.05) is 19.2 Å². The first-order valence-electron chi connectivity index (χ1n) is 7.09. The molecule has 12 nitrogen and oxygen atoms in total. The third-order valence-electron chi connectivity index (χ3n) is 3.21. The van der Waals surface area contributed by atoms with Crippen LogP contribution in [0.5, 0.6) is 0 Å². The van der Waals surface area contributed by atoms with Crippen LogP contribution in [0, 0.1) is 30.3 Å². The summed E-state index contributed by atoms with van der Waals surface area (Å²) in [6.45, 7) is 0. The quantitative estimate of drug-likeness (QED) is 0.442. The number of hydrogen-bond donors (Lipinski definition) is 1. The first kappa shape index (κ1) is 19.6. The van der Waals surface area contributed by atoms with Gasteiger partial charge in [-0.25, -0.2) is 4.79 Å². The maximum absolute atomic E-state index is 12.3. The van der Waals surface area contributed by atoms with Gasteiger partial charge >= 0.3 is 6.03 Å². The second-order valence-corrected chi connectivity index (χ2v) is 6.13. The summed E-state index contributed by atoms with van der Waals surface area (Å²) in [6, 6.07) is 7.72. The van der Waals surface area contributed by atoms with Crippen LogP contribution in [0.15, 0.2) is 47.4 Å². The Kier molecular flexibility index (Phi) is 5.87. The van der Waals surface area contributed by atoms with E-state index in [0.717, 1.165) is 34.5 Å². The highest BCUT2D eigenvalue weighted by Crippen LogP contribution is 2.32. The third-order valence-corrected chi connectivity index (χ3v) is 4.20. The van der Waals surface area contributed by atoms with Crippen molar-refractivity contribution in [1.29, 1.82) is 0 Å². The molecule has 27 heavy (non-hydrogen) atoms. The first-order chi connectivity index (χ1) is 12.7. The van der Waals surface area contributed by atoms with Crippen LogP contribution in [-0.2, 0) is 0 Å². The standard InChI is InChI=1S/C14H11N5O7S/c1-16(27-13-5-3-2-4-11(13)18(23)24)14(20)15-10-7-6-9(17(21)22)8-12(10)19(25)26/h2-8H,1H3,(H,15,20). The summed E-state index contributed by atoms with van der Waals surface area (Å²) in [5, 5.41) is 35.1. The summed E-state index contributed by atoms with van der Waals surface area (Å²) in [7, 11) is 1.31. The van der Waals surface area contributed by atoms with Gasteiger partial charge in [-0.15, -0.1) is 0 Å². The van der Waals surface area contributed by atoms with Crippen molar-refractivity contribution in [2.75, 3.05) is 12.4 Å². The SMILES string of the molecule is CN(Sc1ccccc1[N+](=O)[O-])C(=O)Nc1ccc([N+](=O)[O-])cc1[N+](=O)[O-]. The fourth-order valence-corrected chi connectivity index (χ4v) is 2.76. The number of nitrogens with zero attached hydrogens (tertiary/aromatic N) is 4. The molecule has 0 spiro atoms. The van der Waals surface area contributed by atoms with E-state index < -0.39 is 32.2 Å². The summed E-state index contributed by atoms with van der Waals surface area (Å²) in [5.74, 6) is 0. The second kappa shape index (κ2) is 8.09. The molecule has 0 heterocycles. The predicted octanol–water partition coefficient (Wildman–Crippen LogP) is 3.58. The van der Waals surface area contributed by atoms with Gasteiger partial charge in [-0.3, -0.25) is 34.6 Å². The van der Waals surface area contributed by atoms with Crippen molar-refractivity contribution in [3.8, 4) is 0 Å². The zero-order valence-corrected chi connectivity index (χ0v) is 14.4. The summed E-state index contributed by atoms with van der Waals surface area (Å²) < 4.78 is 1.01. The monoisotopic (exact) mass is 393 g/mol. The Bertz CT molecular complexity index is 936. The number of anilines is 1.